The Kier molecular flexibility index (Phi) is 7.58. The fraction of sp³-hybridized carbons (Fsp3) is 0.375. The Hall–Kier alpha value is -3.35. The number of benzene rings is 3. The van der Waals surface area contributed by atoms with E-state index in [1.165, 1.54) is 25.7 Å². The summed E-state index contributed by atoms with van der Waals surface area (Å²) in [6, 6.07) is 20.1. The number of carbonyl (C=O) groups excluding carboxylic acids is 2. The number of aromatic amines is 1. The molecule has 2 heterocycles. The maximum Gasteiger partial charge on any atom is 0.258 e. The molecule has 2 fully saturated rings. The third-order valence-corrected chi connectivity index (χ3v) is 8.86. The quantitative estimate of drug-likeness (QED) is 0.284. The standard InChI is InChI=1S/C32H35ClN4O2/c33-29-20-34-30-18-25(10-12-28(29)30)32(39)37(27-11-9-23-5-1-2-6-24(23)17-27)21-31(38)35-19-22-13-15-36(16-14-22)26-7-3-4-8-26/h1-2,5-6,9-12,17-18,20,22,26,34H,3-4,7-8,13-16,19,21H2,(H,35,38). The van der Waals surface area contributed by atoms with Gasteiger partial charge in [-0.1, -0.05) is 60.8 Å². The van der Waals surface area contributed by atoms with Crippen molar-refractivity contribution < 1.29 is 9.59 Å². The van der Waals surface area contributed by atoms with Crippen LogP contribution in [0.2, 0.25) is 5.02 Å². The number of rotatable bonds is 7. The Morgan fingerprint density at radius 1 is 0.949 bits per heavy atom. The first-order chi connectivity index (χ1) is 19.0. The number of likely N-dealkylation sites (tertiary alicyclic amines) is 1. The lowest BCUT2D eigenvalue weighted by molar-refractivity contribution is -0.120. The van der Waals surface area contributed by atoms with Crippen LogP contribution in [0.25, 0.3) is 21.7 Å². The van der Waals surface area contributed by atoms with Gasteiger partial charge in [-0.15, -0.1) is 0 Å². The zero-order valence-corrected chi connectivity index (χ0v) is 22.9. The molecule has 0 unspecified atom stereocenters. The zero-order valence-electron chi connectivity index (χ0n) is 22.2. The summed E-state index contributed by atoms with van der Waals surface area (Å²) in [6.07, 6.45) is 9.34. The van der Waals surface area contributed by atoms with Gasteiger partial charge in [0.15, 0.2) is 0 Å². The number of H-pyrrole nitrogens is 1. The molecule has 7 heteroatoms. The van der Waals surface area contributed by atoms with Crippen LogP contribution in [0.15, 0.2) is 66.9 Å². The minimum Gasteiger partial charge on any atom is -0.360 e. The number of halogens is 1. The molecule has 202 valence electrons. The monoisotopic (exact) mass is 542 g/mol. The number of piperidine rings is 1. The Labute approximate surface area is 234 Å². The Bertz CT molecular complexity index is 1480. The summed E-state index contributed by atoms with van der Waals surface area (Å²) in [5.41, 5.74) is 1.99. The van der Waals surface area contributed by atoms with Crippen LogP contribution in [0, 0.1) is 5.92 Å². The van der Waals surface area contributed by atoms with Gasteiger partial charge in [0.25, 0.3) is 5.91 Å². The molecule has 1 aliphatic carbocycles. The summed E-state index contributed by atoms with van der Waals surface area (Å²) >= 11 is 6.24. The molecule has 2 amide bonds. The van der Waals surface area contributed by atoms with E-state index in [9.17, 15) is 9.59 Å². The maximum atomic E-state index is 13.8. The molecular weight excluding hydrogens is 508 g/mol. The molecule has 1 saturated heterocycles. The SMILES string of the molecule is O=C(CN(C(=O)c1ccc2c(Cl)c[nH]c2c1)c1ccc2ccccc2c1)NCC1CCN(C2CCCC2)CC1. The number of hydrogen-bond acceptors (Lipinski definition) is 3. The molecule has 2 aliphatic rings. The molecule has 39 heavy (non-hydrogen) atoms. The number of hydrogen-bond donors (Lipinski definition) is 2. The third kappa shape index (κ3) is 5.68. The fourth-order valence-corrected chi connectivity index (χ4v) is 6.47. The molecule has 1 aromatic heterocycles. The fourth-order valence-electron chi connectivity index (χ4n) is 6.25. The summed E-state index contributed by atoms with van der Waals surface area (Å²) in [5.74, 6) is 0.119. The van der Waals surface area contributed by atoms with Gasteiger partial charge in [-0.25, -0.2) is 0 Å². The number of fused-ring (bicyclic) bond motifs is 2. The summed E-state index contributed by atoms with van der Waals surface area (Å²) in [4.78, 5) is 34.4. The highest BCUT2D eigenvalue weighted by Gasteiger charge is 2.28. The predicted octanol–water partition coefficient (Wildman–Crippen LogP) is 6.39. The molecule has 1 saturated carbocycles. The first kappa shape index (κ1) is 25.9. The summed E-state index contributed by atoms with van der Waals surface area (Å²) in [7, 11) is 0. The van der Waals surface area contributed by atoms with Crippen LogP contribution in [0.4, 0.5) is 5.69 Å². The largest absolute Gasteiger partial charge is 0.360 e. The van der Waals surface area contributed by atoms with Crippen molar-refractivity contribution in [2.75, 3.05) is 31.1 Å². The molecule has 0 radical (unpaired) electrons. The van der Waals surface area contributed by atoms with Crippen molar-refractivity contribution in [3.05, 3.63) is 77.4 Å². The highest BCUT2D eigenvalue weighted by molar-refractivity contribution is 6.35. The van der Waals surface area contributed by atoms with Crippen LogP contribution in [0.3, 0.4) is 0 Å². The topological polar surface area (TPSA) is 68.4 Å². The second-order valence-corrected chi connectivity index (χ2v) is 11.4. The summed E-state index contributed by atoms with van der Waals surface area (Å²) < 4.78 is 0. The molecule has 2 N–H and O–H groups in total. The molecule has 6 nitrogen and oxygen atoms in total. The second-order valence-electron chi connectivity index (χ2n) is 11.0. The van der Waals surface area contributed by atoms with E-state index in [1.807, 2.05) is 48.5 Å². The highest BCUT2D eigenvalue weighted by Crippen LogP contribution is 2.29. The van der Waals surface area contributed by atoms with Gasteiger partial charge >= 0.3 is 0 Å². The molecule has 3 aromatic carbocycles. The van der Waals surface area contributed by atoms with Crippen LogP contribution >= 0.6 is 11.6 Å². The molecule has 0 bridgehead atoms. The number of aromatic nitrogens is 1. The minimum absolute atomic E-state index is 0.0401. The minimum atomic E-state index is -0.224. The number of nitrogens with one attached hydrogen (secondary N) is 2. The molecule has 6 rings (SSSR count). The lowest BCUT2D eigenvalue weighted by Crippen LogP contribution is -2.45. The maximum absolute atomic E-state index is 13.8. The van der Waals surface area contributed by atoms with E-state index in [0.29, 0.717) is 28.7 Å². The second kappa shape index (κ2) is 11.4. The van der Waals surface area contributed by atoms with Crippen molar-refractivity contribution in [3.63, 3.8) is 0 Å². The van der Waals surface area contributed by atoms with Crippen LogP contribution < -0.4 is 10.2 Å². The third-order valence-electron chi connectivity index (χ3n) is 8.55. The van der Waals surface area contributed by atoms with Crippen molar-refractivity contribution in [1.29, 1.82) is 0 Å². The normalized spacial score (nSPS) is 17.2. The van der Waals surface area contributed by atoms with E-state index in [2.05, 4.69) is 15.2 Å². The number of amides is 2. The predicted molar refractivity (Wildman–Crippen MR) is 158 cm³/mol. The molecule has 0 atom stereocenters. The Balaban J connectivity index is 1.16. The molecule has 0 spiro atoms. The first-order valence-corrected chi connectivity index (χ1v) is 14.5. The van der Waals surface area contributed by atoms with E-state index in [-0.39, 0.29) is 18.4 Å². The average Bonchev–Trinajstić information content (AvgIpc) is 3.65. The Morgan fingerprint density at radius 2 is 1.72 bits per heavy atom. The van der Waals surface area contributed by atoms with Gasteiger partial charge < -0.3 is 15.2 Å². The van der Waals surface area contributed by atoms with Gasteiger partial charge in [0.05, 0.1) is 5.02 Å². The lowest BCUT2D eigenvalue weighted by atomic mass is 9.95. The highest BCUT2D eigenvalue weighted by atomic mass is 35.5. The number of anilines is 1. The molecule has 1 aliphatic heterocycles. The Morgan fingerprint density at radius 3 is 2.51 bits per heavy atom. The van der Waals surface area contributed by atoms with E-state index in [0.717, 1.165) is 53.6 Å². The first-order valence-electron chi connectivity index (χ1n) is 14.1. The van der Waals surface area contributed by atoms with E-state index < -0.39 is 0 Å². The van der Waals surface area contributed by atoms with Gasteiger partial charge in [0.1, 0.15) is 6.54 Å². The van der Waals surface area contributed by atoms with Crippen LogP contribution in [-0.4, -0.2) is 53.9 Å². The van der Waals surface area contributed by atoms with E-state index in [1.54, 1.807) is 23.2 Å². The smallest absolute Gasteiger partial charge is 0.258 e. The number of nitrogens with zero attached hydrogens (tertiary/aromatic N) is 2. The van der Waals surface area contributed by atoms with Crippen molar-refractivity contribution in [3.8, 4) is 0 Å². The number of carbonyl (C=O) groups is 2. The van der Waals surface area contributed by atoms with Gasteiger partial charge in [-0.2, -0.15) is 0 Å². The molecule has 4 aromatic rings. The lowest BCUT2D eigenvalue weighted by Gasteiger charge is -2.36. The van der Waals surface area contributed by atoms with Crippen LogP contribution in [0.5, 0.6) is 0 Å². The van der Waals surface area contributed by atoms with Crippen molar-refractivity contribution in [1.82, 2.24) is 15.2 Å². The average molecular weight is 543 g/mol. The van der Waals surface area contributed by atoms with Crippen molar-refractivity contribution in [2.24, 2.45) is 5.92 Å². The van der Waals surface area contributed by atoms with Crippen LogP contribution in [0.1, 0.15) is 48.9 Å². The van der Waals surface area contributed by atoms with Gasteiger partial charge in [0, 0.05) is 40.9 Å². The van der Waals surface area contributed by atoms with E-state index in [4.69, 9.17) is 11.6 Å². The van der Waals surface area contributed by atoms with Gasteiger partial charge in [0.2, 0.25) is 5.91 Å². The summed E-state index contributed by atoms with van der Waals surface area (Å²) in [6.45, 7) is 2.86. The van der Waals surface area contributed by atoms with Crippen molar-refractivity contribution in [2.45, 2.75) is 44.6 Å². The van der Waals surface area contributed by atoms with Crippen molar-refractivity contribution >= 4 is 50.8 Å². The van der Waals surface area contributed by atoms with E-state index >= 15 is 0 Å². The van der Waals surface area contributed by atoms with Gasteiger partial charge in [-0.3, -0.25) is 14.5 Å². The summed E-state index contributed by atoms with van der Waals surface area (Å²) in [5, 5.41) is 6.73. The van der Waals surface area contributed by atoms with Gasteiger partial charge in [-0.05, 0) is 79.7 Å². The zero-order chi connectivity index (χ0) is 26.8. The molecular formula is C32H35ClN4O2. The van der Waals surface area contributed by atoms with Crippen LogP contribution in [-0.2, 0) is 4.79 Å².